The summed E-state index contributed by atoms with van der Waals surface area (Å²) < 4.78 is 34.5. The number of halogens is 2. The van der Waals surface area contributed by atoms with Crippen LogP contribution in [-0.4, -0.2) is 23.3 Å². The van der Waals surface area contributed by atoms with Gasteiger partial charge in [0, 0.05) is 26.3 Å². The topological polar surface area (TPSA) is 29.9 Å². The number of H-pyrrole nitrogens is 1. The smallest absolute Gasteiger partial charge is 0.178 e. The van der Waals surface area contributed by atoms with E-state index in [0.717, 1.165) is 25.3 Å². The first-order valence-corrected chi connectivity index (χ1v) is 7.02. The van der Waals surface area contributed by atoms with Gasteiger partial charge in [-0.25, -0.2) is 8.78 Å². The number of methoxy groups -OCH3 is 1. The van der Waals surface area contributed by atoms with Gasteiger partial charge in [-0.15, -0.1) is 0 Å². The van der Waals surface area contributed by atoms with E-state index in [1.165, 1.54) is 6.07 Å². The van der Waals surface area contributed by atoms with Gasteiger partial charge in [-0.1, -0.05) is 0 Å². The first-order valence-electron chi connectivity index (χ1n) is 6.61. The number of fused-ring (bicyclic) bond motifs is 1. The number of rotatable bonds is 5. The Kier molecular flexibility index (Phi) is 3.38. The molecule has 0 unspecified atom stereocenters. The van der Waals surface area contributed by atoms with Crippen LogP contribution in [-0.2, 0) is 11.3 Å². The van der Waals surface area contributed by atoms with Crippen LogP contribution in [0.2, 0.25) is 0 Å². The molecule has 0 bridgehead atoms. The number of hydrogen-bond donors (Lipinski definition) is 1. The van der Waals surface area contributed by atoms with E-state index in [2.05, 4.69) is 4.98 Å². The van der Waals surface area contributed by atoms with Crippen molar-refractivity contribution in [3.63, 3.8) is 0 Å². The molecular formula is C14H16F2N2OS. The SMILES string of the molecule is COCCC1(Cn2c(=S)[nH]c3c(F)cc(F)cc32)CC1. The molecule has 0 saturated heterocycles. The quantitative estimate of drug-likeness (QED) is 0.851. The van der Waals surface area contributed by atoms with Crippen molar-refractivity contribution in [2.75, 3.05) is 13.7 Å². The number of ether oxygens (including phenoxy) is 1. The van der Waals surface area contributed by atoms with Crippen molar-refractivity contribution in [2.45, 2.75) is 25.8 Å². The van der Waals surface area contributed by atoms with E-state index in [4.69, 9.17) is 17.0 Å². The lowest BCUT2D eigenvalue weighted by atomic mass is 10.0. The fourth-order valence-corrected chi connectivity index (χ4v) is 2.92. The third-order valence-electron chi connectivity index (χ3n) is 4.09. The molecule has 6 heteroatoms. The highest BCUT2D eigenvalue weighted by Crippen LogP contribution is 2.50. The number of aromatic amines is 1. The standard InChI is InChI=1S/C14H16F2N2OS/c1-19-5-4-14(2-3-14)8-18-11-7-9(15)6-10(16)12(11)17-13(18)20/h6-7H,2-5,8H2,1H3,(H,17,20). The van der Waals surface area contributed by atoms with E-state index in [9.17, 15) is 8.78 Å². The van der Waals surface area contributed by atoms with Gasteiger partial charge in [0.05, 0.1) is 5.52 Å². The Labute approximate surface area is 120 Å². The summed E-state index contributed by atoms with van der Waals surface area (Å²) in [7, 11) is 1.68. The minimum Gasteiger partial charge on any atom is -0.385 e. The predicted octanol–water partition coefficient (Wildman–Crippen LogP) is 3.79. The fraction of sp³-hybridized carbons (Fsp3) is 0.500. The van der Waals surface area contributed by atoms with Crippen LogP contribution >= 0.6 is 12.2 Å². The second-order valence-corrected chi connectivity index (χ2v) is 5.93. The average Bonchev–Trinajstić information content (AvgIpc) is 3.10. The maximum atomic E-state index is 13.7. The largest absolute Gasteiger partial charge is 0.385 e. The zero-order valence-electron chi connectivity index (χ0n) is 11.2. The van der Waals surface area contributed by atoms with Crippen LogP contribution in [0.3, 0.4) is 0 Å². The van der Waals surface area contributed by atoms with Crippen LogP contribution in [0, 0.1) is 21.8 Å². The maximum Gasteiger partial charge on any atom is 0.178 e. The van der Waals surface area contributed by atoms with Crippen LogP contribution in [0.1, 0.15) is 19.3 Å². The first kappa shape index (κ1) is 13.7. The molecule has 1 aliphatic rings. The maximum absolute atomic E-state index is 13.7. The highest BCUT2D eigenvalue weighted by molar-refractivity contribution is 7.71. The summed E-state index contributed by atoms with van der Waals surface area (Å²) in [5, 5.41) is 0. The molecule has 108 valence electrons. The Morgan fingerprint density at radius 3 is 2.80 bits per heavy atom. The molecule has 0 amide bonds. The molecule has 1 aromatic carbocycles. The summed E-state index contributed by atoms with van der Waals surface area (Å²) in [5.41, 5.74) is 0.932. The molecule has 1 aromatic heterocycles. The Bertz CT molecular complexity index is 703. The molecule has 1 N–H and O–H groups in total. The van der Waals surface area contributed by atoms with Gasteiger partial charge in [0.2, 0.25) is 0 Å². The summed E-state index contributed by atoms with van der Waals surface area (Å²) in [5.74, 6) is -1.19. The minimum absolute atomic E-state index is 0.159. The molecule has 0 aliphatic heterocycles. The highest BCUT2D eigenvalue weighted by atomic mass is 32.1. The van der Waals surface area contributed by atoms with Gasteiger partial charge in [-0.2, -0.15) is 0 Å². The molecule has 0 spiro atoms. The summed E-state index contributed by atoms with van der Waals surface area (Å²) >= 11 is 5.25. The minimum atomic E-state index is -0.605. The van der Waals surface area contributed by atoms with Crippen molar-refractivity contribution in [2.24, 2.45) is 5.41 Å². The van der Waals surface area contributed by atoms with Crippen molar-refractivity contribution in [1.29, 1.82) is 0 Å². The van der Waals surface area contributed by atoms with Crippen molar-refractivity contribution in [1.82, 2.24) is 9.55 Å². The third kappa shape index (κ3) is 2.38. The summed E-state index contributed by atoms with van der Waals surface area (Å²) in [6.45, 7) is 1.37. The van der Waals surface area contributed by atoms with E-state index >= 15 is 0 Å². The van der Waals surface area contributed by atoms with Gasteiger partial charge >= 0.3 is 0 Å². The number of hydrogen-bond acceptors (Lipinski definition) is 2. The number of nitrogens with one attached hydrogen (secondary N) is 1. The van der Waals surface area contributed by atoms with Crippen molar-refractivity contribution in [3.05, 3.63) is 28.5 Å². The second kappa shape index (κ2) is 4.93. The van der Waals surface area contributed by atoms with E-state index in [0.29, 0.717) is 23.4 Å². The molecular weight excluding hydrogens is 282 g/mol. The Morgan fingerprint density at radius 1 is 1.40 bits per heavy atom. The van der Waals surface area contributed by atoms with Gasteiger partial charge in [-0.05, 0) is 43.0 Å². The van der Waals surface area contributed by atoms with Crippen molar-refractivity contribution in [3.8, 4) is 0 Å². The molecule has 1 saturated carbocycles. The summed E-state index contributed by atoms with van der Waals surface area (Å²) in [6.07, 6.45) is 3.14. The van der Waals surface area contributed by atoms with Crippen LogP contribution < -0.4 is 0 Å². The summed E-state index contributed by atoms with van der Waals surface area (Å²) in [4.78, 5) is 2.83. The molecule has 0 radical (unpaired) electrons. The first-order chi connectivity index (χ1) is 9.54. The Hall–Kier alpha value is -1.27. The average molecular weight is 298 g/mol. The van der Waals surface area contributed by atoms with Crippen LogP contribution in [0.4, 0.5) is 8.78 Å². The molecule has 2 aromatic rings. The number of nitrogens with zero attached hydrogens (tertiary/aromatic N) is 1. The molecule has 0 atom stereocenters. The normalized spacial score (nSPS) is 16.8. The molecule has 3 nitrogen and oxygen atoms in total. The van der Waals surface area contributed by atoms with Gasteiger partial charge < -0.3 is 14.3 Å². The number of benzene rings is 1. The molecule has 1 aliphatic carbocycles. The molecule has 1 heterocycles. The van der Waals surface area contributed by atoms with E-state index in [1.807, 2.05) is 0 Å². The van der Waals surface area contributed by atoms with Crippen LogP contribution in [0.5, 0.6) is 0 Å². The van der Waals surface area contributed by atoms with Crippen molar-refractivity contribution >= 4 is 23.3 Å². The number of imidazole rings is 1. The van der Waals surface area contributed by atoms with E-state index < -0.39 is 11.6 Å². The predicted molar refractivity (Wildman–Crippen MR) is 75.2 cm³/mol. The number of aromatic nitrogens is 2. The Balaban J connectivity index is 2.00. The van der Waals surface area contributed by atoms with E-state index in [1.54, 1.807) is 11.7 Å². The zero-order valence-corrected chi connectivity index (χ0v) is 12.0. The van der Waals surface area contributed by atoms with Gasteiger partial charge in [-0.3, -0.25) is 0 Å². The molecule has 1 fully saturated rings. The second-order valence-electron chi connectivity index (χ2n) is 5.54. The van der Waals surface area contributed by atoms with Crippen molar-refractivity contribution < 1.29 is 13.5 Å². The summed E-state index contributed by atoms with van der Waals surface area (Å²) in [6, 6.07) is 2.20. The van der Waals surface area contributed by atoms with Crippen LogP contribution in [0.15, 0.2) is 12.1 Å². The van der Waals surface area contributed by atoms with Gasteiger partial charge in [0.25, 0.3) is 0 Å². The monoisotopic (exact) mass is 298 g/mol. The lowest BCUT2D eigenvalue weighted by Gasteiger charge is -2.16. The zero-order chi connectivity index (χ0) is 14.3. The third-order valence-corrected chi connectivity index (χ3v) is 4.41. The van der Waals surface area contributed by atoms with Gasteiger partial charge in [0.15, 0.2) is 10.6 Å². The molecule has 20 heavy (non-hydrogen) atoms. The van der Waals surface area contributed by atoms with E-state index in [-0.39, 0.29) is 10.9 Å². The van der Waals surface area contributed by atoms with Crippen LogP contribution in [0.25, 0.3) is 11.0 Å². The molecule has 3 rings (SSSR count). The lowest BCUT2D eigenvalue weighted by Crippen LogP contribution is -2.14. The highest BCUT2D eigenvalue weighted by Gasteiger charge is 2.42. The lowest BCUT2D eigenvalue weighted by molar-refractivity contribution is 0.167. The van der Waals surface area contributed by atoms with Gasteiger partial charge in [0.1, 0.15) is 11.3 Å². The Morgan fingerprint density at radius 2 is 2.15 bits per heavy atom. The fourth-order valence-electron chi connectivity index (χ4n) is 2.66.